The summed E-state index contributed by atoms with van der Waals surface area (Å²) < 4.78 is 5.78. The predicted octanol–water partition coefficient (Wildman–Crippen LogP) is 3.96. The SMILES string of the molecule is CCCC(C)Oc1ccc(N=CN(C)C(C)C)c(C)n1. The van der Waals surface area contributed by atoms with Gasteiger partial charge in [0.1, 0.15) is 0 Å². The zero-order chi connectivity index (χ0) is 15.1. The maximum atomic E-state index is 5.78. The summed E-state index contributed by atoms with van der Waals surface area (Å²) >= 11 is 0. The highest BCUT2D eigenvalue weighted by Gasteiger charge is 2.06. The van der Waals surface area contributed by atoms with Crippen LogP contribution in [0, 0.1) is 6.92 Å². The number of hydrogen-bond acceptors (Lipinski definition) is 3. The lowest BCUT2D eigenvalue weighted by molar-refractivity contribution is 0.201. The maximum absolute atomic E-state index is 5.78. The van der Waals surface area contributed by atoms with Crippen molar-refractivity contribution >= 4 is 12.0 Å². The minimum atomic E-state index is 0.202. The van der Waals surface area contributed by atoms with E-state index in [1.807, 2.05) is 32.4 Å². The van der Waals surface area contributed by atoms with Crippen molar-refractivity contribution in [1.29, 1.82) is 0 Å². The molecule has 1 heterocycles. The molecule has 112 valence electrons. The Morgan fingerprint density at radius 3 is 2.60 bits per heavy atom. The molecule has 1 unspecified atom stereocenters. The molecule has 1 aromatic heterocycles. The second-order valence-corrected chi connectivity index (χ2v) is 5.47. The molecule has 0 aliphatic rings. The second kappa shape index (κ2) is 7.88. The van der Waals surface area contributed by atoms with Crippen LogP contribution in [0.3, 0.4) is 0 Å². The van der Waals surface area contributed by atoms with Crippen molar-refractivity contribution in [1.82, 2.24) is 9.88 Å². The molecule has 0 spiro atoms. The van der Waals surface area contributed by atoms with Gasteiger partial charge in [-0.1, -0.05) is 13.3 Å². The first-order chi connectivity index (χ1) is 9.43. The van der Waals surface area contributed by atoms with Crippen molar-refractivity contribution in [3.8, 4) is 5.88 Å². The minimum Gasteiger partial charge on any atom is -0.475 e. The van der Waals surface area contributed by atoms with E-state index in [4.69, 9.17) is 4.74 Å². The number of ether oxygens (including phenoxy) is 1. The first kappa shape index (κ1) is 16.5. The van der Waals surface area contributed by atoms with Gasteiger partial charge >= 0.3 is 0 Å². The number of aromatic nitrogens is 1. The topological polar surface area (TPSA) is 37.7 Å². The zero-order valence-corrected chi connectivity index (χ0v) is 13.6. The molecule has 0 aliphatic carbocycles. The highest BCUT2D eigenvalue weighted by Crippen LogP contribution is 2.21. The standard InChI is InChI=1S/C16H27N3O/c1-7-8-13(4)20-16-10-9-15(14(5)18-16)17-11-19(6)12(2)3/h9-13H,7-8H2,1-6H3. The number of hydrogen-bond donors (Lipinski definition) is 0. The Kier molecular flexibility index (Phi) is 6.49. The van der Waals surface area contributed by atoms with Gasteiger partial charge in [-0.25, -0.2) is 9.98 Å². The van der Waals surface area contributed by atoms with Gasteiger partial charge in [0.05, 0.1) is 23.8 Å². The molecule has 1 aromatic rings. The second-order valence-electron chi connectivity index (χ2n) is 5.47. The average Bonchev–Trinajstić information content (AvgIpc) is 2.37. The van der Waals surface area contributed by atoms with Crippen LogP contribution in [-0.4, -0.2) is 35.4 Å². The third kappa shape index (κ3) is 5.19. The van der Waals surface area contributed by atoms with E-state index in [-0.39, 0.29) is 6.10 Å². The number of nitrogens with zero attached hydrogens (tertiary/aromatic N) is 3. The summed E-state index contributed by atoms with van der Waals surface area (Å²) in [5.74, 6) is 0.680. The Balaban J connectivity index is 2.73. The van der Waals surface area contributed by atoms with Gasteiger partial charge in [0.15, 0.2) is 0 Å². The molecule has 0 fully saturated rings. The van der Waals surface area contributed by atoms with E-state index in [0.717, 1.165) is 24.2 Å². The van der Waals surface area contributed by atoms with E-state index in [9.17, 15) is 0 Å². The van der Waals surface area contributed by atoms with Crippen LogP contribution in [0.2, 0.25) is 0 Å². The van der Waals surface area contributed by atoms with Gasteiger partial charge in [-0.15, -0.1) is 0 Å². The predicted molar refractivity (Wildman–Crippen MR) is 85.0 cm³/mol. The molecule has 0 aliphatic heterocycles. The van der Waals surface area contributed by atoms with Crippen LogP contribution in [0.4, 0.5) is 5.69 Å². The quantitative estimate of drug-likeness (QED) is 0.559. The summed E-state index contributed by atoms with van der Waals surface area (Å²) in [5.41, 5.74) is 1.77. The summed E-state index contributed by atoms with van der Waals surface area (Å²) in [4.78, 5) is 11.0. The van der Waals surface area contributed by atoms with Gasteiger partial charge in [0.25, 0.3) is 0 Å². The van der Waals surface area contributed by atoms with Gasteiger partial charge in [0.2, 0.25) is 5.88 Å². The first-order valence-corrected chi connectivity index (χ1v) is 7.34. The fraction of sp³-hybridized carbons (Fsp3) is 0.625. The molecule has 0 bridgehead atoms. The molecule has 0 N–H and O–H groups in total. The molecule has 4 heteroatoms. The number of pyridine rings is 1. The van der Waals surface area contributed by atoms with Crippen LogP contribution < -0.4 is 4.74 Å². The van der Waals surface area contributed by atoms with Gasteiger partial charge < -0.3 is 9.64 Å². The molecule has 0 radical (unpaired) electrons. The largest absolute Gasteiger partial charge is 0.475 e. The van der Waals surface area contributed by atoms with Crippen LogP contribution in [-0.2, 0) is 0 Å². The third-order valence-electron chi connectivity index (χ3n) is 3.24. The van der Waals surface area contributed by atoms with E-state index in [1.165, 1.54) is 0 Å². The summed E-state index contributed by atoms with van der Waals surface area (Å²) in [5, 5.41) is 0. The highest BCUT2D eigenvalue weighted by molar-refractivity contribution is 5.62. The van der Waals surface area contributed by atoms with Crippen LogP contribution in [0.25, 0.3) is 0 Å². The van der Waals surface area contributed by atoms with Crippen LogP contribution in [0.15, 0.2) is 17.1 Å². The summed E-state index contributed by atoms with van der Waals surface area (Å²) in [6, 6.07) is 4.28. The van der Waals surface area contributed by atoms with Crippen LogP contribution in [0.5, 0.6) is 5.88 Å². The van der Waals surface area contributed by atoms with Gasteiger partial charge in [-0.05, 0) is 40.2 Å². The van der Waals surface area contributed by atoms with Crippen molar-refractivity contribution in [3.05, 3.63) is 17.8 Å². The summed E-state index contributed by atoms with van der Waals surface area (Å²) in [7, 11) is 2.01. The molecule has 0 saturated carbocycles. The molecule has 0 aromatic carbocycles. The molecule has 20 heavy (non-hydrogen) atoms. The van der Waals surface area contributed by atoms with Crippen molar-refractivity contribution in [2.45, 2.75) is 59.6 Å². The normalized spacial score (nSPS) is 12.9. The van der Waals surface area contributed by atoms with E-state index < -0.39 is 0 Å². The molecular formula is C16H27N3O. The Labute approximate surface area is 122 Å². The molecule has 1 rings (SSSR count). The summed E-state index contributed by atoms with van der Waals surface area (Å²) in [6.45, 7) is 10.4. The Bertz CT molecular complexity index is 443. The Hall–Kier alpha value is -1.58. The number of aliphatic imine (C=N–C) groups is 1. The van der Waals surface area contributed by atoms with Gasteiger partial charge in [0, 0.05) is 19.2 Å². The smallest absolute Gasteiger partial charge is 0.213 e. The number of aryl methyl sites for hydroxylation is 1. The lowest BCUT2D eigenvalue weighted by Gasteiger charge is -2.17. The van der Waals surface area contributed by atoms with E-state index in [0.29, 0.717) is 11.9 Å². The molecule has 0 saturated heterocycles. The van der Waals surface area contributed by atoms with Gasteiger partial charge in [-0.3, -0.25) is 0 Å². The Morgan fingerprint density at radius 2 is 2.05 bits per heavy atom. The molecule has 4 nitrogen and oxygen atoms in total. The lowest BCUT2D eigenvalue weighted by Crippen LogP contribution is -2.24. The van der Waals surface area contributed by atoms with E-state index in [1.54, 1.807) is 0 Å². The van der Waals surface area contributed by atoms with E-state index >= 15 is 0 Å². The maximum Gasteiger partial charge on any atom is 0.213 e. The van der Waals surface area contributed by atoms with Crippen LogP contribution in [0.1, 0.15) is 46.2 Å². The average molecular weight is 277 g/mol. The van der Waals surface area contributed by atoms with E-state index in [2.05, 4.69) is 42.6 Å². The first-order valence-electron chi connectivity index (χ1n) is 7.34. The van der Waals surface area contributed by atoms with Crippen LogP contribution >= 0.6 is 0 Å². The minimum absolute atomic E-state index is 0.202. The van der Waals surface area contributed by atoms with Crippen molar-refractivity contribution < 1.29 is 4.74 Å². The monoisotopic (exact) mass is 277 g/mol. The molecule has 0 amide bonds. The fourth-order valence-corrected chi connectivity index (χ4v) is 1.69. The summed E-state index contributed by atoms with van der Waals surface area (Å²) in [6.07, 6.45) is 4.20. The highest BCUT2D eigenvalue weighted by atomic mass is 16.5. The zero-order valence-electron chi connectivity index (χ0n) is 13.6. The molecular weight excluding hydrogens is 250 g/mol. The fourth-order valence-electron chi connectivity index (χ4n) is 1.69. The van der Waals surface area contributed by atoms with Crippen molar-refractivity contribution in [2.75, 3.05) is 7.05 Å². The lowest BCUT2D eigenvalue weighted by atomic mass is 10.2. The van der Waals surface area contributed by atoms with Gasteiger partial charge in [-0.2, -0.15) is 0 Å². The third-order valence-corrected chi connectivity index (χ3v) is 3.24. The van der Waals surface area contributed by atoms with Crippen molar-refractivity contribution in [3.63, 3.8) is 0 Å². The number of rotatable bonds is 7. The molecule has 1 atom stereocenters. The van der Waals surface area contributed by atoms with Crippen molar-refractivity contribution in [2.24, 2.45) is 4.99 Å². The Morgan fingerprint density at radius 1 is 1.35 bits per heavy atom.